The molecule has 19 heavy (non-hydrogen) atoms. The van der Waals surface area contributed by atoms with Crippen molar-refractivity contribution in [1.82, 2.24) is 9.97 Å². The second-order valence-electron chi connectivity index (χ2n) is 3.59. The van der Waals surface area contributed by atoms with Crippen molar-refractivity contribution in [3.05, 3.63) is 47.0 Å². The molecule has 1 aromatic carbocycles. The van der Waals surface area contributed by atoms with Crippen LogP contribution in [0.4, 0.5) is 0 Å². The second-order valence-corrected chi connectivity index (χ2v) is 3.99. The summed E-state index contributed by atoms with van der Waals surface area (Å²) in [6.45, 7) is 0.218. The number of hydrogen-bond acceptors (Lipinski definition) is 5. The molecule has 1 heterocycles. The highest BCUT2D eigenvalue weighted by molar-refractivity contribution is 6.32. The predicted molar refractivity (Wildman–Crippen MR) is 69.1 cm³/mol. The van der Waals surface area contributed by atoms with Crippen LogP contribution in [-0.2, 0) is 6.61 Å². The summed E-state index contributed by atoms with van der Waals surface area (Å²) in [7, 11) is 1.49. The van der Waals surface area contributed by atoms with Gasteiger partial charge < -0.3 is 9.47 Å². The molecular weight excluding hydrogens is 266 g/mol. The number of aromatic nitrogens is 2. The van der Waals surface area contributed by atoms with Crippen molar-refractivity contribution in [1.29, 1.82) is 5.26 Å². The minimum Gasteiger partial charge on any atom is -0.493 e. The van der Waals surface area contributed by atoms with Crippen LogP contribution in [0.5, 0.6) is 11.5 Å². The van der Waals surface area contributed by atoms with Crippen LogP contribution >= 0.6 is 11.6 Å². The number of nitriles is 1. The Morgan fingerprint density at radius 1 is 1.37 bits per heavy atom. The van der Waals surface area contributed by atoms with Crippen LogP contribution in [0, 0.1) is 11.3 Å². The molecule has 1 aromatic heterocycles. The Balaban J connectivity index is 2.23. The van der Waals surface area contributed by atoms with Crippen LogP contribution in [0.1, 0.15) is 11.3 Å². The standard InChI is InChI=1S/C13H10ClN3O2/c1-18-12-5-9(6-15)4-11(14)13(12)19-8-10-7-16-2-3-17-10/h2-5,7H,8H2,1H3. The first-order chi connectivity index (χ1) is 9.24. The third-order valence-corrected chi connectivity index (χ3v) is 2.62. The Kier molecular flexibility index (Phi) is 4.16. The molecule has 0 aliphatic rings. The SMILES string of the molecule is COc1cc(C#N)cc(Cl)c1OCc1cnccn1. The van der Waals surface area contributed by atoms with E-state index < -0.39 is 0 Å². The van der Waals surface area contributed by atoms with Gasteiger partial charge in [-0.25, -0.2) is 0 Å². The fourth-order valence-corrected chi connectivity index (χ4v) is 1.74. The van der Waals surface area contributed by atoms with E-state index in [1.165, 1.54) is 13.2 Å². The summed E-state index contributed by atoms with van der Waals surface area (Å²) in [5, 5.41) is 9.18. The average molecular weight is 276 g/mol. The molecule has 2 aromatic rings. The van der Waals surface area contributed by atoms with E-state index in [0.717, 1.165) is 0 Å². The highest BCUT2D eigenvalue weighted by atomic mass is 35.5. The maximum absolute atomic E-state index is 8.86. The van der Waals surface area contributed by atoms with E-state index in [2.05, 4.69) is 9.97 Å². The van der Waals surface area contributed by atoms with Gasteiger partial charge in [0.25, 0.3) is 0 Å². The van der Waals surface area contributed by atoms with Gasteiger partial charge in [0.15, 0.2) is 11.5 Å². The third-order valence-electron chi connectivity index (χ3n) is 2.34. The molecule has 96 valence electrons. The first-order valence-electron chi connectivity index (χ1n) is 5.40. The van der Waals surface area contributed by atoms with Crippen LogP contribution in [-0.4, -0.2) is 17.1 Å². The van der Waals surface area contributed by atoms with Gasteiger partial charge in [-0.2, -0.15) is 5.26 Å². The molecule has 0 bridgehead atoms. The highest BCUT2D eigenvalue weighted by Crippen LogP contribution is 2.36. The van der Waals surface area contributed by atoms with Crippen molar-refractivity contribution in [3.63, 3.8) is 0 Å². The van der Waals surface area contributed by atoms with Gasteiger partial charge in [0, 0.05) is 18.5 Å². The van der Waals surface area contributed by atoms with E-state index in [1.54, 1.807) is 24.7 Å². The molecule has 0 aliphatic heterocycles. The van der Waals surface area contributed by atoms with E-state index in [9.17, 15) is 0 Å². The zero-order valence-corrected chi connectivity index (χ0v) is 10.9. The normalized spacial score (nSPS) is 9.74. The Hall–Kier alpha value is -2.32. The number of benzene rings is 1. The fourth-order valence-electron chi connectivity index (χ4n) is 1.48. The maximum atomic E-state index is 8.86. The number of halogens is 1. The molecule has 0 N–H and O–H groups in total. The van der Waals surface area contributed by atoms with Gasteiger partial charge in [0.05, 0.1) is 35.7 Å². The smallest absolute Gasteiger partial charge is 0.180 e. The van der Waals surface area contributed by atoms with Crippen molar-refractivity contribution in [2.24, 2.45) is 0 Å². The molecule has 0 saturated carbocycles. The molecule has 6 heteroatoms. The van der Waals surface area contributed by atoms with Gasteiger partial charge >= 0.3 is 0 Å². The number of nitrogens with zero attached hydrogens (tertiary/aromatic N) is 3. The summed E-state index contributed by atoms with van der Waals surface area (Å²) >= 11 is 6.07. The van der Waals surface area contributed by atoms with Gasteiger partial charge in [-0.05, 0) is 6.07 Å². The average Bonchev–Trinajstić information content (AvgIpc) is 2.46. The van der Waals surface area contributed by atoms with Crippen molar-refractivity contribution < 1.29 is 9.47 Å². The van der Waals surface area contributed by atoms with Crippen LogP contribution in [0.2, 0.25) is 5.02 Å². The molecule has 0 saturated heterocycles. The summed E-state index contributed by atoms with van der Waals surface area (Å²) in [5.41, 5.74) is 1.08. The summed E-state index contributed by atoms with van der Waals surface area (Å²) in [4.78, 5) is 8.03. The number of hydrogen-bond donors (Lipinski definition) is 0. The topological polar surface area (TPSA) is 68.0 Å². The molecule has 5 nitrogen and oxygen atoms in total. The van der Waals surface area contributed by atoms with Crippen molar-refractivity contribution >= 4 is 11.6 Å². The molecule has 2 rings (SSSR count). The monoisotopic (exact) mass is 275 g/mol. The minimum absolute atomic E-state index is 0.218. The molecule has 0 atom stereocenters. The van der Waals surface area contributed by atoms with Crippen LogP contribution < -0.4 is 9.47 Å². The van der Waals surface area contributed by atoms with Gasteiger partial charge in [0.2, 0.25) is 0 Å². The maximum Gasteiger partial charge on any atom is 0.180 e. The van der Waals surface area contributed by atoms with Crippen molar-refractivity contribution in [3.8, 4) is 17.6 Å². The number of ether oxygens (including phenoxy) is 2. The van der Waals surface area contributed by atoms with Gasteiger partial charge in [0.1, 0.15) is 6.61 Å². The molecule has 0 amide bonds. The second kappa shape index (κ2) is 6.03. The van der Waals surface area contributed by atoms with Crippen molar-refractivity contribution in [2.45, 2.75) is 6.61 Å². The van der Waals surface area contributed by atoms with E-state index in [4.69, 9.17) is 26.3 Å². The van der Waals surface area contributed by atoms with E-state index in [-0.39, 0.29) is 6.61 Å². The molecule has 0 unspecified atom stereocenters. The molecular formula is C13H10ClN3O2. The van der Waals surface area contributed by atoms with Crippen LogP contribution in [0.25, 0.3) is 0 Å². The first kappa shape index (κ1) is 13.1. The lowest BCUT2D eigenvalue weighted by Crippen LogP contribution is -2.01. The Morgan fingerprint density at radius 2 is 2.21 bits per heavy atom. The zero-order chi connectivity index (χ0) is 13.7. The largest absolute Gasteiger partial charge is 0.493 e. The summed E-state index contributed by atoms with van der Waals surface area (Å²) in [5.74, 6) is 0.793. The number of rotatable bonds is 4. The molecule has 0 fully saturated rings. The Morgan fingerprint density at radius 3 is 2.84 bits per heavy atom. The summed E-state index contributed by atoms with van der Waals surface area (Å²) in [6, 6.07) is 5.09. The molecule has 0 spiro atoms. The van der Waals surface area contributed by atoms with Crippen LogP contribution in [0.15, 0.2) is 30.7 Å². The lowest BCUT2D eigenvalue weighted by atomic mass is 10.2. The predicted octanol–water partition coefficient (Wildman–Crippen LogP) is 2.59. The highest BCUT2D eigenvalue weighted by Gasteiger charge is 2.12. The lowest BCUT2D eigenvalue weighted by molar-refractivity contribution is 0.280. The molecule has 0 aliphatic carbocycles. The van der Waals surface area contributed by atoms with Crippen molar-refractivity contribution in [2.75, 3.05) is 7.11 Å². The summed E-state index contributed by atoms with van der Waals surface area (Å²) in [6.07, 6.45) is 4.76. The quantitative estimate of drug-likeness (QED) is 0.858. The number of methoxy groups -OCH3 is 1. The Labute approximate surface area is 115 Å². The van der Waals surface area contributed by atoms with Gasteiger partial charge in [-0.15, -0.1) is 0 Å². The first-order valence-corrected chi connectivity index (χ1v) is 5.77. The van der Waals surface area contributed by atoms with Gasteiger partial charge in [-0.1, -0.05) is 11.6 Å². The zero-order valence-electron chi connectivity index (χ0n) is 10.1. The third kappa shape index (κ3) is 3.12. The fraction of sp³-hybridized carbons (Fsp3) is 0.154. The molecule has 0 radical (unpaired) electrons. The van der Waals surface area contributed by atoms with Gasteiger partial charge in [-0.3, -0.25) is 9.97 Å². The lowest BCUT2D eigenvalue weighted by Gasteiger charge is -2.12. The van der Waals surface area contributed by atoms with E-state index in [1.807, 2.05) is 6.07 Å². The summed E-state index contributed by atoms with van der Waals surface area (Å²) < 4.78 is 10.7. The van der Waals surface area contributed by atoms with Crippen LogP contribution in [0.3, 0.4) is 0 Å². The van der Waals surface area contributed by atoms with E-state index >= 15 is 0 Å². The minimum atomic E-state index is 0.218. The van der Waals surface area contributed by atoms with E-state index in [0.29, 0.717) is 27.8 Å². The Bertz CT molecular complexity index is 611.